The third-order valence-corrected chi connectivity index (χ3v) is 4.41. The number of carbonyl (C=O) groups excluding carboxylic acids is 1. The van der Waals surface area contributed by atoms with E-state index in [4.69, 9.17) is 0 Å². The molecule has 1 amide bonds. The Kier molecular flexibility index (Phi) is 5.64. The summed E-state index contributed by atoms with van der Waals surface area (Å²) in [6.45, 7) is 8.52. The Labute approximate surface area is 159 Å². The van der Waals surface area contributed by atoms with Gasteiger partial charge in [0.2, 0.25) is 11.7 Å². The molecular formula is C21H25N5O. The number of hydrogen-bond donors (Lipinski definition) is 1. The number of aromatic nitrogens is 4. The van der Waals surface area contributed by atoms with E-state index >= 15 is 0 Å². The van der Waals surface area contributed by atoms with Crippen LogP contribution in [-0.2, 0) is 11.3 Å². The molecule has 0 fully saturated rings. The van der Waals surface area contributed by atoms with Crippen molar-refractivity contribution in [2.45, 2.75) is 46.1 Å². The van der Waals surface area contributed by atoms with E-state index in [1.54, 1.807) is 0 Å². The summed E-state index contributed by atoms with van der Waals surface area (Å²) in [5.74, 6) is 0.970. The van der Waals surface area contributed by atoms with Gasteiger partial charge >= 0.3 is 0 Å². The second-order valence-corrected chi connectivity index (χ2v) is 7.18. The van der Waals surface area contributed by atoms with Crippen molar-refractivity contribution in [3.05, 3.63) is 59.7 Å². The number of nitrogens with one attached hydrogen (secondary N) is 1. The molecule has 1 N–H and O–H groups in total. The Morgan fingerprint density at radius 1 is 0.963 bits per heavy atom. The molecule has 1 heterocycles. The maximum Gasteiger partial charge on any atom is 0.248 e. The van der Waals surface area contributed by atoms with Gasteiger partial charge in [0, 0.05) is 11.3 Å². The van der Waals surface area contributed by atoms with Crippen LogP contribution in [-0.4, -0.2) is 26.1 Å². The molecule has 0 radical (unpaired) electrons. The van der Waals surface area contributed by atoms with Crippen LogP contribution >= 0.6 is 0 Å². The van der Waals surface area contributed by atoms with E-state index in [2.05, 4.69) is 60.6 Å². The van der Waals surface area contributed by atoms with E-state index in [-0.39, 0.29) is 12.5 Å². The first kappa shape index (κ1) is 18.8. The molecule has 1 aromatic heterocycles. The molecular weight excluding hydrogens is 338 g/mol. The zero-order valence-corrected chi connectivity index (χ0v) is 16.2. The fourth-order valence-electron chi connectivity index (χ4n) is 3.02. The van der Waals surface area contributed by atoms with Crippen molar-refractivity contribution in [2.75, 3.05) is 5.32 Å². The molecule has 140 valence electrons. The Balaban J connectivity index is 1.78. The van der Waals surface area contributed by atoms with Gasteiger partial charge in [-0.3, -0.25) is 4.79 Å². The second-order valence-electron chi connectivity index (χ2n) is 7.18. The van der Waals surface area contributed by atoms with Crippen molar-refractivity contribution in [2.24, 2.45) is 0 Å². The van der Waals surface area contributed by atoms with Crippen molar-refractivity contribution >= 4 is 11.6 Å². The summed E-state index contributed by atoms with van der Waals surface area (Å²) in [6.07, 6.45) is 0. The van der Waals surface area contributed by atoms with Crippen LogP contribution in [0.25, 0.3) is 11.4 Å². The molecule has 0 unspecified atom stereocenters. The standard InChI is InChI=1S/C21H25N5O/c1-14(2)17-11-8-12-18(15(3)4)20(17)22-19(27)13-26-24-21(23-25-26)16-9-6-5-7-10-16/h5-12,14-15H,13H2,1-4H3,(H,22,27). The van der Waals surface area contributed by atoms with Crippen molar-refractivity contribution in [3.63, 3.8) is 0 Å². The van der Waals surface area contributed by atoms with Gasteiger partial charge in [-0.25, -0.2) is 0 Å². The monoisotopic (exact) mass is 363 g/mol. The van der Waals surface area contributed by atoms with Crippen LogP contribution in [0.5, 0.6) is 0 Å². The molecule has 0 saturated carbocycles. The van der Waals surface area contributed by atoms with Gasteiger partial charge in [-0.2, -0.15) is 4.80 Å². The zero-order valence-electron chi connectivity index (χ0n) is 16.2. The molecule has 0 bridgehead atoms. The number of anilines is 1. The molecule has 3 aromatic rings. The average molecular weight is 363 g/mol. The number of tetrazole rings is 1. The first-order valence-corrected chi connectivity index (χ1v) is 9.21. The molecule has 2 aromatic carbocycles. The minimum Gasteiger partial charge on any atom is -0.324 e. The van der Waals surface area contributed by atoms with Crippen molar-refractivity contribution in [3.8, 4) is 11.4 Å². The molecule has 0 saturated heterocycles. The number of carbonyl (C=O) groups is 1. The first-order chi connectivity index (χ1) is 13.0. The van der Waals surface area contributed by atoms with Crippen LogP contribution in [0.3, 0.4) is 0 Å². The highest BCUT2D eigenvalue weighted by molar-refractivity contribution is 5.92. The van der Waals surface area contributed by atoms with Gasteiger partial charge in [0.1, 0.15) is 6.54 Å². The quantitative estimate of drug-likeness (QED) is 0.711. The largest absolute Gasteiger partial charge is 0.324 e. The van der Waals surface area contributed by atoms with E-state index in [1.807, 2.05) is 36.4 Å². The van der Waals surface area contributed by atoms with Gasteiger partial charge in [0.15, 0.2) is 0 Å². The molecule has 27 heavy (non-hydrogen) atoms. The number of hydrogen-bond acceptors (Lipinski definition) is 4. The minimum atomic E-state index is -0.165. The lowest BCUT2D eigenvalue weighted by molar-refractivity contribution is -0.117. The molecule has 3 rings (SSSR count). The van der Waals surface area contributed by atoms with E-state index in [0.717, 1.165) is 22.4 Å². The topological polar surface area (TPSA) is 72.7 Å². The number of rotatable bonds is 6. The SMILES string of the molecule is CC(C)c1cccc(C(C)C)c1NC(=O)Cn1nnc(-c2ccccc2)n1. The molecule has 6 heteroatoms. The lowest BCUT2D eigenvalue weighted by atomic mass is 9.92. The minimum absolute atomic E-state index is 0.0177. The van der Waals surface area contributed by atoms with Crippen molar-refractivity contribution in [1.82, 2.24) is 20.2 Å². The summed E-state index contributed by atoms with van der Waals surface area (Å²) < 4.78 is 0. The van der Waals surface area contributed by atoms with Crippen LogP contribution in [0.15, 0.2) is 48.5 Å². The van der Waals surface area contributed by atoms with Crippen LogP contribution in [0, 0.1) is 0 Å². The predicted molar refractivity (Wildman–Crippen MR) is 107 cm³/mol. The molecule has 0 aliphatic heterocycles. The summed E-state index contributed by atoms with van der Waals surface area (Å²) in [4.78, 5) is 14.0. The second kappa shape index (κ2) is 8.12. The van der Waals surface area contributed by atoms with Crippen LogP contribution < -0.4 is 5.32 Å². The maximum atomic E-state index is 12.6. The highest BCUT2D eigenvalue weighted by Crippen LogP contribution is 2.32. The average Bonchev–Trinajstić information content (AvgIpc) is 3.10. The number of benzene rings is 2. The van der Waals surface area contributed by atoms with Gasteiger partial charge in [-0.15, -0.1) is 10.2 Å². The van der Waals surface area contributed by atoms with Gasteiger partial charge in [-0.05, 0) is 28.2 Å². The number of para-hydroxylation sites is 1. The number of amides is 1. The van der Waals surface area contributed by atoms with Gasteiger partial charge in [-0.1, -0.05) is 76.2 Å². The highest BCUT2D eigenvalue weighted by Gasteiger charge is 2.17. The Morgan fingerprint density at radius 3 is 2.19 bits per heavy atom. The lowest BCUT2D eigenvalue weighted by Gasteiger charge is -2.20. The molecule has 0 aliphatic rings. The summed E-state index contributed by atoms with van der Waals surface area (Å²) in [6, 6.07) is 15.8. The Bertz CT molecular complexity index is 889. The highest BCUT2D eigenvalue weighted by atomic mass is 16.2. The van der Waals surface area contributed by atoms with Crippen LogP contribution in [0.1, 0.15) is 50.7 Å². The molecule has 6 nitrogen and oxygen atoms in total. The fraction of sp³-hybridized carbons (Fsp3) is 0.333. The smallest absolute Gasteiger partial charge is 0.248 e. The van der Waals surface area contributed by atoms with Crippen molar-refractivity contribution < 1.29 is 4.79 Å². The van der Waals surface area contributed by atoms with Crippen LogP contribution in [0.4, 0.5) is 5.69 Å². The van der Waals surface area contributed by atoms with E-state index in [0.29, 0.717) is 17.7 Å². The normalized spacial score (nSPS) is 11.2. The van der Waals surface area contributed by atoms with Crippen molar-refractivity contribution in [1.29, 1.82) is 0 Å². The van der Waals surface area contributed by atoms with E-state index in [9.17, 15) is 4.79 Å². The summed E-state index contributed by atoms with van der Waals surface area (Å²) in [5, 5.41) is 15.4. The van der Waals surface area contributed by atoms with Gasteiger partial charge in [0.05, 0.1) is 0 Å². The molecule has 0 atom stereocenters. The van der Waals surface area contributed by atoms with Gasteiger partial charge < -0.3 is 5.32 Å². The van der Waals surface area contributed by atoms with Crippen LogP contribution in [0.2, 0.25) is 0 Å². The summed E-state index contributed by atoms with van der Waals surface area (Å²) in [7, 11) is 0. The first-order valence-electron chi connectivity index (χ1n) is 9.21. The summed E-state index contributed by atoms with van der Waals surface area (Å²) in [5.41, 5.74) is 4.03. The van der Waals surface area contributed by atoms with E-state index < -0.39 is 0 Å². The lowest BCUT2D eigenvalue weighted by Crippen LogP contribution is -2.22. The molecule has 0 aliphatic carbocycles. The third kappa shape index (κ3) is 4.39. The Morgan fingerprint density at radius 2 is 1.59 bits per heavy atom. The number of nitrogens with zero attached hydrogens (tertiary/aromatic N) is 4. The Hall–Kier alpha value is -3.02. The fourth-order valence-corrected chi connectivity index (χ4v) is 3.02. The maximum absolute atomic E-state index is 12.6. The van der Waals surface area contributed by atoms with E-state index in [1.165, 1.54) is 4.80 Å². The third-order valence-electron chi connectivity index (χ3n) is 4.41. The zero-order chi connectivity index (χ0) is 19.4. The molecule has 0 spiro atoms. The predicted octanol–water partition coefficient (Wildman–Crippen LogP) is 4.23. The van der Waals surface area contributed by atoms with Gasteiger partial charge in [0.25, 0.3) is 0 Å². The summed E-state index contributed by atoms with van der Waals surface area (Å²) >= 11 is 0.